The highest BCUT2D eigenvalue weighted by Crippen LogP contribution is 2.23. The number of ether oxygens (including phenoxy) is 1. The number of hydrogen-bond donors (Lipinski definition) is 1. The summed E-state index contributed by atoms with van der Waals surface area (Å²) >= 11 is 3.71. The molecule has 2 rings (SSSR count). The van der Waals surface area contributed by atoms with Gasteiger partial charge in [-0.05, 0) is 49.5 Å². The Morgan fingerprint density at radius 2 is 2.30 bits per heavy atom. The number of benzene rings is 1. The van der Waals surface area contributed by atoms with E-state index in [9.17, 15) is 0 Å². The highest BCUT2D eigenvalue weighted by molar-refractivity contribution is 9.10. The second kappa shape index (κ2) is 8.13. The number of likely N-dealkylation sites (tertiary alicyclic amines) is 1. The lowest BCUT2D eigenvalue weighted by Gasteiger charge is -2.32. The van der Waals surface area contributed by atoms with Crippen LogP contribution in [-0.2, 0) is 17.8 Å². The lowest BCUT2D eigenvalue weighted by Crippen LogP contribution is -2.36. The molecule has 0 amide bonds. The quantitative estimate of drug-likeness (QED) is 0.861. The Kier molecular flexibility index (Phi) is 6.49. The van der Waals surface area contributed by atoms with Crippen LogP contribution in [0.25, 0.3) is 0 Å². The molecule has 1 aliphatic rings. The predicted octanol–water partition coefficient (Wildman–Crippen LogP) is 3.03. The van der Waals surface area contributed by atoms with Crippen LogP contribution in [-0.4, -0.2) is 38.8 Å². The van der Waals surface area contributed by atoms with Crippen LogP contribution in [0.3, 0.4) is 0 Å². The molecule has 4 heteroatoms. The van der Waals surface area contributed by atoms with E-state index in [0.717, 1.165) is 26.2 Å². The average molecular weight is 341 g/mol. The van der Waals surface area contributed by atoms with Crippen molar-refractivity contribution < 1.29 is 4.74 Å². The van der Waals surface area contributed by atoms with Crippen LogP contribution in [0.5, 0.6) is 0 Å². The minimum Gasteiger partial charge on any atom is -0.384 e. The van der Waals surface area contributed by atoms with Gasteiger partial charge in [-0.2, -0.15) is 0 Å². The topological polar surface area (TPSA) is 24.5 Å². The van der Waals surface area contributed by atoms with E-state index in [0.29, 0.717) is 5.92 Å². The van der Waals surface area contributed by atoms with Gasteiger partial charge in [-0.25, -0.2) is 0 Å². The van der Waals surface area contributed by atoms with Crippen molar-refractivity contribution in [2.75, 3.05) is 33.9 Å². The zero-order valence-electron chi connectivity index (χ0n) is 12.5. The van der Waals surface area contributed by atoms with Crippen LogP contribution < -0.4 is 5.32 Å². The molecule has 1 atom stereocenters. The van der Waals surface area contributed by atoms with Crippen molar-refractivity contribution in [2.45, 2.75) is 25.9 Å². The van der Waals surface area contributed by atoms with E-state index in [2.05, 4.69) is 44.3 Å². The van der Waals surface area contributed by atoms with Gasteiger partial charge >= 0.3 is 0 Å². The van der Waals surface area contributed by atoms with E-state index in [1.54, 1.807) is 7.11 Å². The van der Waals surface area contributed by atoms with E-state index in [-0.39, 0.29) is 0 Å². The van der Waals surface area contributed by atoms with E-state index >= 15 is 0 Å². The van der Waals surface area contributed by atoms with E-state index in [1.165, 1.54) is 35.0 Å². The molecule has 1 aliphatic heterocycles. The average Bonchev–Trinajstić information content (AvgIpc) is 2.43. The van der Waals surface area contributed by atoms with Crippen molar-refractivity contribution in [3.8, 4) is 0 Å². The molecule has 0 radical (unpaired) electrons. The summed E-state index contributed by atoms with van der Waals surface area (Å²) in [6, 6.07) is 6.69. The fraction of sp³-hybridized carbons (Fsp3) is 0.625. The largest absolute Gasteiger partial charge is 0.384 e. The minimum absolute atomic E-state index is 0.691. The van der Waals surface area contributed by atoms with Gasteiger partial charge in [0.15, 0.2) is 0 Å². The minimum atomic E-state index is 0.691. The van der Waals surface area contributed by atoms with E-state index in [4.69, 9.17) is 4.74 Å². The molecule has 0 bridgehead atoms. The van der Waals surface area contributed by atoms with Gasteiger partial charge in [0.1, 0.15) is 0 Å². The van der Waals surface area contributed by atoms with Gasteiger partial charge in [-0.1, -0.05) is 28.1 Å². The number of hydrogen-bond acceptors (Lipinski definition) is 3. The van der Waals surface area contributed by atoms with Crippen LogP contribution >= 0.6 is 15.9 Å². The molecule has 3 nitrogen and oxygen atoms in total. The molecule has 1 heterocycles. The molecule has 20 heavy (non-hydrogen) atoms. The maximum absolute atomic E-state index is 5.30. The smallest absolute Gasteiger partial charge is 0.0502 e. The van der Waals surface area contributed by atoms with Crippen molar-refractivity contribution in [3.63, 3.8) is 0 Å². The molecule has 0 aliphatic carbocycles. The first-order valence-corrected chi connectivity index (χ1v) is 8.15. The SMILES string of the molecule is CNCc1ccc(CN2CCCC(COC)C2)c(Br)c1. The Morgan fingerprint density at radius 3 is 3.00 bits per heavy atom. The molecule has 0 spiro atoms. The van der Waals surface area contributed by atoms with E-state index in [1.807, 2.05) is 7.05 Å². The van der Waals surface area contributed by atoms with Crippen molar-refractivity contribution in [2.24, 2.45) is 5.92 Å². The van der Waals surface area contributed by atoms with Gasteiger partial charge in [-0.3, -0.25) is 4.90 Å². The number of halogens is 1. The Morgan fingerprint density at radius 1 is 1.45 bits per heavy atom. The summed E-state index contributed by atoms with van der Waals surface area (Å²) in [6.07, 6.45) is 2.58. The van der Waals surface area contributed by atoms with Gasteiger partial charge in [-0.15, -0.1) is 0 Å². The molecule has 1 unspecified atom stereocenters. The third kappa shape index (κ3) is 4.55. The van der Waals surface area contributed by atoms with Crippen LogP contribution in [0.2, 0.25) is 0 Å². The normalized spacial score (nSPS) is 20.2. The summed E-state index contributed by atoms with van der Waals surface area (Å²) in [5.41, 5.74) is 2.70. The molecule has 0 aromatic heterocycles. The summed E-state index contributed by atoms with van der Waals surface area (Å²) in [7, 11) is 3.78. The van der Waals surface area contributed by atoms with Crippen LogP contribution in [0.1, 0.15) is 24.0 Å². The highest BCUT2D eigenvalue weighted by Gasteiger charge is 2.20. The number of nitrogens with one attached hydrogen (secondary N) is 1. The molecular formula is C16H25BrN2O. The lowest BCUT2D eigenvalue weighted by molar-refractivity contribution is 0.0873. The van der Waals surface area contributed by atoms with Gasteiger partial charge in [0.25, 0.3) is 0 Å². The second-order valence-corrected chi connectivity index (χ2v) is 6.51. The summed E-state index contributed by atoms with van der Waals surface area (Å²) in [5.74, 6) is 0.691. The molecule has 1 saturated heterocycles. The monoisotopic (exact) mass is 340 g/mol. The lowest BCUT2D eigenvalue weighted by atomic mass is 9.98. The van der Waals surface area contributed by atoms with Crippen molar-refractivity contribution in [3.05, 3.63) is 33.8 Å². The highest BCUT2D eigenvalue weighted by atomic mass is 79.9. The molecule has 1 N–H and O–H groups in total. The van der Waals surface area contributed by atoms with Gasteiger partial charge in [0, 0.05) is 31.2 Å². The molecule has 1 aromatic rings. The van der Waals surface area contributed by atoms with Crippen molar-refractivity contribution in [1.29, 1.82) is 0 Å². The molecular weight excluding hydrogens is 316 g/mol. The fourth-order valence-electron chi connectivity index (χ4n) is 2.94. The zero-order valence-corrected chi connectivity index (χ0v) is 14.1. The number of rotatable bonds is 6. The maximum Gasteiger partial charge on any atom is 0.0502 e. The predicted molar refractivity (Wildman–Crippen MR) is 86.8 cm³/mol. The van der Waals surface area contributed by atoms with Gasteiger partial charge in [0.2, 0.25) is 0 Å². The van der Waals surface area contributed by atoms with Crippen LogP contribution in [0.4, 0.5) is 0 Å². The van der Waals surface area contributed by atoms with Gasteiger partial charge < -0.3 is 10.1 Å². The van der Waals surface area contributed by atoms with E-state index < -0.39 is 0 Å². The summed E-state index contributed by atoms with van der Waals surface area (Å²) in [6.45, 7) is 5.18. The summed E-state index contributed by atoms with van der Waals surface area (Å²) in [4.78, 5) is 2.55. The first-order chi connectivity index (χ1) is 9.72. The summed E-state index contributed by atoms with van der Waals surface area (Å²) in [5, 5.41) is 3.19. The van der Waals surface area contributed by atoms with Gasteiger partial charge in [0.05, 0.1) is 6.61 Å². The third-order valence-electron chi connectivity index (χ3n) is 3.90. The van der Waals surface area contributed by atoms with Crippen LogP contribution in [0.15, 0.2) is 22.7 Å². The van der Waals surface area contributed by atoms with Crippen molar-refractivity contribution in [1.82, 2.24) is 10.2 Å². The Labute approximate surface area is 130 Å². The number of methoxy groups -OCH3 is 1. The summed E-state index contributed by atoms with van der Waals surface area (Å²) < 4.78 is 6.52. The second-order valence-electron chi connectivity index (χ2n) is 5.65. The molecule has 0 saturated carbocycles. The Balaban J connectivity index is 1.95. The number of nitrogens with zero attached hydrogens (tertiary/aromatic N) is 1. The molecule has 1 fully saturated rings. The first-order valence-electron chi connectivity index (χ1n) is 7.36. The zero-order chi connectivity index (χ0) is 14.4. The van der Waals surface area contributed by atoms with Crippen molar-refractivity contribution >= 4 is 15.9 Å². The number of piperidine rings is 1. The molecule has 1 aromatic carbocycles. The first kappa shape index (κ1) is 16.0. The van der Waals surface area contributed by atoms with Crippen LogP contribution in [0, 0.1) is 5.92 Å². The Bertz CT molecular complexity index is 423. The molecule has 112 valence electrons. The standard InChI is InChI=1S/C16H25BrN2O/c1-18-9-13-5-6-15(16(17)8-13)11-19-7-3-4-14(10-19)12-20-2/h5-6,8,14,18H,3-4,7,9-12H2,1-2H3. The fourth-order valence-corrected chi connectivity index (χ4v) is 3.49. The Hall–Kier alpha value is -0.420. The maximum atomic E-state index is 5.30. The third-order valence-corrected chi connectivity index (χ3v) is 4.64.